The van der Waals surface area contributed by atoms with Gasteiger partial charge in [0.25, 0.3) is 0 Å². The normalized spacial score (nSPS) is 11.8. The summed E-state index contributed by atoms with van der Waals surface area (Å²) < 4.78 is 0. The maximum absolute atomic E-state index is 10.4. The van der Waals surface area contributed by atoms with E-state index in [0.29, 0.717) is 0 Å². The average molecular weight is 195 g/mol. The molecular weight excluding hydrogens is 179 g/mol. The van der Waals surface area contributed by atoms with Crippen LogP contribution in [0.15, 0.2) is 0 Å². The number of unbranched alkanes of at least 4 members (excludes halogenated alkanes) is 1. The van der Waals surface area contributed by atoms with Crippen LogP contribution in [0.2, 0.25) is 0 Å². The van der Waals surface area contributed by atoms with E-state index in [-0.39, 0.29) is 24.5 Å². The van der Waals surface area contributed by atoms with Gasteiger partial charge < -0.3 is 5.11 Å². The molecule has 11 heavy (non-hydrogen) atoms. The van der Waals surface area contributed by atoms with Crippen molar-refractivity contribution in [2.45, 2.75) is 39.5 Å². The maximum Gasteiger partial charge on any atom is 0.306 e. The summed E-state index contributed by atoms with van der Waals surface area (Å²) in [5, 5.41) is 8.60. The number of hydrogen-bond donors (Lipinski definition) is 1. The molecule has 0 spiro atoms. The van der Waals surface area contributed by atoms with E-state index in [1.165, 1.54) is 0 Å². The summed E-state index contributed by atoms with van der Waals surface area (Å²) in [5.41, 5.74) is 0. The molecule has 1 atom stereocenters. The van der Waals surface area contributed by atoms with Crippen molar-refractivity contribution in [2.75, 3.05) is 0 Å². The van der Waals surface area contributed by atoms with Gasteiger partial charge in [0.1, 0.15) is 0 Å². The fourth-order valence-corrected chi connectivity index (χ4v) is 0.953. The van der Waals surface area contributed by atoms with Crippen LogP contribution in [0.3, 0.4) is 0 Å². The molecule has 0 rings (SSSR count). The molecule has 0 saturated carbocycles. The Morgan fingerprint density at radius 2 is 2.00 bits per heavy atom. The molecule has 2 nitrogen and oxygen atoms in total. The van der Waals surface area contributed by atoms with Crippen molar-refractivity contribution in [2.24, 2.45) is 5.92 Å². The molecule has 0 aliphatic carbocycles. The van der Waals surface area contributed by atoms with E-state index < -0.39 is 5.97 Å². The molecule has 0 bridgehead atoms. The van der Waals surface area contributed by atoms with Gasteiger partial charge in [0, 0.05) is 18.6 Å². The molecule has 0 aromatic heterocycles. The monoisotopic (exact) mass is 195 g/mol. The SMILES string of the molecule is CCCCC(CC)C(=O)O.[V]. The Hall–Kier alpha value is 0.0544. The van der Waals surface area contributed by atoms with Crippen LogP contribution in [-0.2, 0) is 23.4 Å². The molecule has 1 radical (unpaired) electrons. The Labute approximate surface area is 80.3 Å². The van der Waals surface area contributed by atoms with Crippen LogP contribution in [0, 0.1) is 5.92 Å². The van der Waals surface area contributed by atoms with Crippen molar-refractivity contribution >= 4 is 5.97 Å². The summed E-state index contributed by atoms with van der Waals surface area (Å²) in [5.74, 6) is -0.754. The van der Waals surface area contributed by atoms with Gasteiger partial charge in [-0.25, -0.2) is 0 Å². The third kappa shape index (κ3) is 6.45. The third-order valence-corrected chi connectivity index (χ3v) is 1.75. The largest absolute Gasteiger partial charge is 0.481 e. The van der Waals surface area contributed by atoms with Crippen molar-refractivity contribution in [3.05, 3.63) is 0 Å². The van der Waals surface area contributed by atoms with E-state index in [0.717, 1.165) is 25.7 Å². The Morgan fingerprint density at radius 1 is 1.45 bits per heavy atom. The number of aliphatic carboxylic acids is 1. The zero-order chi connectivity index (χ0) is 7.98. The predicted octanol–water partition coefficient (Wildman–Crippen LogP) is 2.28. The molecule has 0 fully saturated rings. The molecule has 0 aromatic rings. The summed E-state index contributed by atoms with van der Waals surface area (Å²) in [6.07, 6.45) is 3.71. The van der Waals surface area contributed by atoms with Gasteiger partial charge in [-0.15, -0.1) is 0 Å². The number of rotatable bonds is 5. The standard InChI is InChI=1S/C8H16O2.V/c1-3-5-6-7(4-2)8(9)10;/h7H,3-6H2,1-2H3,(H,9,10);. The molecule has 1 unspecified atom stereocenters. The summed E-state index contributed by atoms with van der Waals surface area (Å²) in [6.45, 7) is 4.00. The second kappa shape index (κ2) is 8.15. The van der Waals surface area contributed by atoms with Crippen LogP contribution < -0.4 is 0 Å². The van der Waals surface area contributed by atoms with Gasteiger partial charge in [-0.1, -0.05) is 26.7 Å². The van der Waals surface area contributed by atoms with Gasteiger partial charge >= 0.3 is 5.97 Å². The van der Waals surface area contributed by atoms with Gasteiger partial charge in [-0.2, -0.15) is 0 Å². The number of carbonyl (C=O) groups is 1. The first kappa shape index (κ1) is 13.6. The minimum absolute atomic E-state index is 0. The first-order valence-electron chi connectivity index (χ1n) is 3.95. The van der Waals surface area contributed by atoms with Crippen molar-refractivity contribution in [1.82, 2.24) is 0 Å². The van der Waals surface area contributed by atoms with Gasteiger partial charge in [0.15, 0.2) is 0 Å². The number of carboxylic acid groups (broad SMARTS) is 1. The Kier molecular flexibility index (Phi) is 10.1. The molecule has 1 N–H and O–H groups in total. The van der Waals surface area contributed by atoms with E-state index >= 15 is 0 Å². The van der Waals surface area contributed by atoms with Gasteiger partial charge in [-0.05, 0) is 12.8 Å². The van der Waals surface area contributed by atoms with Crippen LogP contribution in [0.5, 0.6) is 0 Å². The van der Waals surface area contributed by atoms with Gasteiger partial charge in [-0.3, -0.25) is 4.79 Å². The predicted molar refractivity (Wildman–Crippen MR) is 40.9 cm³/mol. The fraction of sp³-hybridized carbons (Fsp3) is 0.875. The zero-order valence-electron chi connectivity index (χ0n) is 7.21. The zero-order valence-corrected chi connectivity index (χ0v) is 8.61. The fourth-order valence-electron chi connectivity index (χ4n) is 0.953. The average Bonchev–Trinajstić information content (AvgIpc) is 1.89. The first-order chi connectivity index (χ1) is 4.72. The second-order valence-electron chi connectivity index (χ2n) is 2.59. The quantitative estimate of drug-likeness (QED) is 0.730. The van der Waals surface area contributed by atoms with E-state index in [9.17, 15) is 4.79 Å². The van der Waals surface area contributed by atoms with Crippen LogP contribution in [0.1, 0.15) is 39.5 Å². The molecule has 0 heterocycles. The van der Waals surface area contributed by atoms with Gasteiger partial charge in [0.2, 0.25) is 0 Å². The van der Waals surface area contributed by atoms with Crippen molar-refractivity contribution in [3.8, 4) is 0 Å². The Balaban J connectivity index is 0. The van der Waals surface area contributed by atoms with E-state index in [4.69, 9.17) is 5.11 Å². The van der Waals surface area contributed by atoms with Crippen LogP contribution in [-0.4, -0.2) is 11.1 Å². The molecule has 0 aliphatic rings. The van der Waals surface area contributed by atoms with E-state index in [1.54, 1.807) is 0 Å². The Morgan fingerprint density at radius 3 is 2.27 bits per heavy atom. The molecule has 0 amide bonds. The smallest absolute Gasteiger partial charge is 0.306 e. The summed E-state index contributed by atoms with van der Waals surface area (Å²) in [7, 11) is 0. The Bertz CT molecular complexity index is 104. The number of hydrogen-bond acceptors (Lipinski definition) is 1. The van der Waals surface area contributed by atoms with Crippen molar-refractivity contribution in [1.29, 1.82) is 0 Å². The summed E-state index contributed by atoms with van der Waals surface area (Å²) in [6, 6.07) is 0. The molecule has 0 saturated heterocycles. The van der Waals surface area contributed by atoms with Crippen LogP contribution in [0.25, 0.3) is 0 Å². The maximum atomic E-state index is 10.4. The molecular formula is C8H16O2V. The summed E-state index contributed by atoms with van der Waals surface area (Å²) >= 11 is 0. The van der Waals surface area contributed by atoms with Crippen LogP contribution in [0.4, 0.5) is 0 Å². The van der Waals surface area contributed by atoms with Crippen molar-refractivity contribution < 1.29 is 28.5 Å². The van der Waals surface area contributed by atoms with E-state index in [2.05, 4.69) is 6.92 Å². The molecule has 0 aromatic carbocycles. The third-order valence-electron chi connectivity index (χ3n) is 1.75. The topological polar surface area (TPSA) is 37.3 Å². The minimum atomic E-state index is -0.643. The van der Waals surface area contributed by atoms with Crippen LogP contribution >= 0.6 is 0 Å². The summed E-state index contributed by atoms with van der Waals surface area (Å²) in [4.78, 5) is 10.4. The molecule has 65 valence electrons. The first-order valence-corrected chi connectivity index (χ1v) is 3.95. The number of carboxylic acids is 1. The second-order valence-corrected chi connectivity index (χ2v) is 2.59. The van der Waals surface area contributed by atoms with E-state index in [1.807, 2.05) is 6.92 Å². The minimum Gasteiger partial charge on any atom is -0.481 e. The van der Waals surface area contributed by atoms with Gasteiger partial charge in [0.05, 0.1) is 5.92 Å². The van der Waals surface area contributed by atoms with Crippen molar-refractivity contribution in [3.63, 3.8) is 0 Å². The molecule has 0 aliphatic heterocycles. The molecule has 3 heteroatoms.